The van der Waals surface area contributed by atoms with Crippen molar-refractivity contribution < 1.29 is 9.18 Å². The van der Waals surface area contributed by atoms with Crippen molar-refractivity contribution >= 4 is 23.2 Å². The predicted molar refractivity (Wildman–Crippen MR) is 94.2 cm³/mol. The van der Waals surface area contributed by atoms with Crippen LogP contribution in [0.15, 0.2) is 36.4 Å². The van der Waals surface area contributed by atoms with Gasteiger partial charge in [0.05, 0.1) is 5.69 Å². The fourth-order valence-corrected chi connectivity index (χ4v) is 3.02. The smallest absolute Gasteiger partial charge is 0.228 e. The van der Waals surface area contributed by atoms with Gasteiger partial charge in [-0.15, -0.1) is 10.2 Å². The van der Waals surface area contributed by atoms with Crippen molar-refractivity contribution in [1.29, 1.82) is 0 Å². The molecule has 130 valence electrons. The molecule has 2 heterocycles. The second-order valence-corrected chi connectivity index (χ2v) is 6.47. The molecule has 0 atom stereocenters. The number of halogens is 1. The van der Waals surface area contributed by atoms with Crippen molar-refractivity contribution in [2.45, 2.75) is 12.8 Å². The van der Waals surface area contributed by atoms with Gasteiger partial charge in [-0.1, -0.05) is 12.1 Å². The van der Waals surface area contributed by atoms with E-state index < -0.39 is 0 Å². The monoisotopic (exact) mass is 341 g/mol. The maximum Gasteiger partial charge on any atom is 0.228 e. The van der Waals surface area contributed by atoms with E-state index in [1.165, 1.54) is 6.07 Å². The Morgan fingerprint density at radius 1 is 1.00 bits per heavy atom. The van der Waals surface area contributed by atoms with E-state index in [1.54, 1.807) is 12.1 Å². The van der Waals surface area contributed by atoms with Crippen LogP contribution >= 0.6 is 0 Å². The number of rotatable bonds is 4. The highest BCUT2D eigenvalue weighted by molar-refractivity contribution is 5.93. The number of hydrogen-bond donors (Lipinski definition) is 1. The number of benzene rings is 1. The SMILES string of the molecule is O=C(Nc1ccc(N2CCN(c3ccccc3F)CC2)nn1)C1CC1. The first-order chi connectivity index (χ1) is 12.2. The Morgan fingerprint density at radius 3 is 2.36 bits per heavy atom. The van der Waals surface area contributed by atoms with Crippen LogP contribution in [-0.2, 0) is 4.79 Å². The van der Waals surface area contributed by atoms with E-state index in [-0.39, 0.29) is 17.6 Å². The molecule has 2 aromatic rings. The number of carbonyl (C=O) groups is 1. The predicted octanol–water partition coefficient (Wildman–Crippen LogP) is 2.29. The quantitative estimate of drug-likeness (QED) is 0.925. The number of para-hydroxylation sites is 1. The van der Waals surface area contributed by atoms with Gasteiger partial charge in [0.2, 0.25) is 5.91 Å². The maximum atomic E-state index is 13.9. The van der Waals surface area contributed by atoms with Crippen molar-refractivity contribution in [2.75, 3.05) is 41.3 Å². The molecule has 1 aromatic carbocycles. The summed E-state index contributed by atoms with van der Waals surface area (Å²) in [6.07, 6.45) is 1.92. The van der Waals surface area contributed by atoms with E-state index >= 15 is 0 Å². The summed E-state index contributed by atoms with van der Waals surface area (Å²) in [5.41, 5.74) is 0.645. The lowest BCUT2D eigenvalue weighted by atomic mass is 10.2. The van der Waals surface area contributed by atoms with E-state index in [2.05, 4.69) is 20.4 Å². The third-order valence-electron chi connectivity index (χ3n) is 4.65. The third kappa shape index (κ3) is 3.55. The molecule has 25 heavy (non-hydrogen) atoms. The van der Waals surface area contributed by atoms with Gasteiger partial charge in [0.15, 0.2) is 11.6 Å². The molecule has 1 aliphatic carbocycles. The molecular formula is C18H20FN5O. The average Bonchev–Trinajstić information content (AvgIpc) is 3.48. The minimum Gasteiger partial charge on any atom is -0.366 e. The zero-order valence-corrected chi connectivity index (χ0v) is 13.9. The van der Waals surface area contributed by atoms with Crippen LogP contribution in [0, 0.1) is 11.7 Å². The Labute approximate surface area is 145 Å². The van der Waals surface area contributed by atoms with Crippen LogP contribution in [0.4, 0.5) is 21.7 Å². The van der Waals surface area contributed by atoms with Gasteiger partial charge >= 0.3 is 0 Å². The molecule has 0 spiro atoms. The minimum atomic E-state index is -0.188. The fraction of sp³-hybridized carbons (Fsp3) is 0.389. The molecule has 1 N–H and O–H groups in total. The van der Waals surface area contributed by atoms with Crippen LogP contribution in [0.3, 0.4) is 0 Å². The molecule has 1 saturated carbocycles. The van der Waals surface area contributed by atoms with Crippen LogP contribution < -0.4 is 15.1 Å². The number of carbonyl (C=O) groups excluding carboxylic acids is 1. The van der Waals surface area contributed by atoms with Gasteiger partial charge in [0.1, 0.15) is 5.82 Å². The topological polar surface area (TPSA) is 61.4 Å². The first-order valence-corrected chi connectivity index (χ1v) is 8.60. The van der Waals surface area contributed by atoms with E-state index in [4.69, 9.17) is 0 Å². The minimum absolute atomic E-state index is 0.0283. The van der Waals surface area contributed by atoms with Crippen molar-refractivity contribution in [3.8, 4) is 0 Å². The number of nitrogens with one attached hydrogen (secondary N) is 1. The highest BCUT2D eigenvalue weighted by atomic mass is 19.1. The second kappa shape index (κ2) is 6.66. The van der Waals surface area contributed by atoms with E-state index in [9.17, 15) is 9.18 Å². The molecule has 4 rings (SSSR count). The number of hydrogen-bond acceptors (Lipinski definition) is 5. The van der Waals surface area contributed by atoms with Gasteiger partial charge in [0, 0.05) is 32.1 Å². The van der Waals surface area contributed by atoms with Gasteiger partial charge < -0.3 is 15.1 Å². The second-order valence-electron chi connectivity index (χ2n) is 6.47. The Bertz CT molecular complexity index is 754. The average molecular weight is 341 g/mol. The number of amides is 1. The lowest BCUT2D eigenvalue weighted by molar-refractivity contribution is -0.117. The number of anilines is 3. The molecular weight excluding hydrogens is 321 g/mol. The molecule has 1 saturated heterocycles. The molecule has 1 amide bonds. The Kier molecular flexibility index (Phi) is 4.21. The summed E-state index contributed by atoms with van der Waals surface area (Å²) in [6.45, 7) is 2.94. The van der Waals surface area contributed by atoms with Gasteiger partial charge in [0.25, 0.3) is 0 Å². The molecule has 0 radical (unpaired) electrons. The Morgan fingerprint density at radius 2 is 1.72 bits per heavy atom. The van der Waals surface area contributed by atoms with Crippen LogP contribution in [-0.4, -0.2) is 42.3 Å². The molecule has 1 aromatic heterocycles. The van der Waals surface area contributed by atoms with Gasteiger partial charge in [-0.25, -0.2) is 4.39 Å². The van der Waals surface area contributed by atoms with Crippen LogP contribution in [0.2, 0.25) is 0 Å². The first kappa shape index (κ1) is 15.8. The van der Waals surface area contributed by atoms with E-state index in [0.717, 1.165) is 44.8 Å². The molecule has 0 unspecified atom stereocenters. The summed E-state index contributed by atoms with van der Waals surface area (Å²) in [4.78, 5) is 15.9. The van der Waals surface area contributed by atoms with Crippen LogP contribution in [0.5, 0.6) is 0 Å². The lowest BCUT2D eigenvalue weighted by Crippen LogP contribution is -2.47. The normalized spacial score (nSPS) is 17.5. The summed E-state index contributed by atoms with van der Waals surface area (Å²) < 4.78 is 13.9. The highest BCUT2D eigenvalue weighted by Crippen LogP contribution is 2.30. The zero-order valence-electron chi connectivity index (χ0n) is 13.9. The number of aromatic nitrogens is 2. The molecule has 2 aliphatic rings. The molecule has 1 aliphatic heterocycles. The molecule has 0 bridgehead atoms. The fourth-order valence-electron chi connectivity index (χ4n) is 3.02. The van der Waals surface area contributed by atoms with Gasteiger partial charge in [-0.3, -0.25) is 4.79 Å². The summed E-state index contributed by atoms with van der Waals surface area (Å²) in [7, 11) is 0. The van der Waals surface area contributed by atoms with Crippen molar-refractivity contribution in [3.63, 3.8) is 0 Å². The number of nitrogens with zero attached hydrogens (tertiary/aromatic N) is 4. The Hall–Kier alpha value is -2.70. The highest BCUT2D eigenvalue weighted by Gasteiger charge is 2.30. The van der Waals surface area contributed by atoms with Crippen molar-refractivity contribution in [1.82, 2.24) is 10.2 Å². The van der Waals surface area contributed by atoms with Gasteiger partial charge in [-0.05, 0) is 37.1 Å². The molecule has 7 heteroatoms. The summed E-state index contributed by atoms with van der Waals surface area (Å²) in [5, 5.41) is 11.1. The summed E-state index contributed by atoms with van der Waals surface area (Å²) in [6, 6.07) is 10.5. The first-order valence-electron chi connectivity index (χ1n) is 8.60. The van der Waals surface area contributed by atoms with Gasteiger partial charge in [-0.2, -0.15) is 0 Å². The molecule has 6 nitrogen and oxygen atoms in total. The standard InChI is InChI=1S/C18H20FN5O/c19-14-3-1-2-4-15(14)23-9-11-24(12-10-23)17-8-7-16(21-22-17)20-18(25)13-5-6-13/h1-4,7-8,13H,5-6,9-12H2,(H,20,21,25). The molecule has 2 fully saturated rings. The Balaban J connectivity index is 1.36. The largest absolute Gasteiger partial charge is 0.366 e. The van der Waals surface area contributed by atoms with Crippen LogP contribution in [0.25, 0.3) is 0 Å². The van der Waals surface area contributed by atoms with Crippen LogP contribution in [0.1, 0.15) is 12.8 Å². The van der Waals surface area contributed by atoms with Crippen molar-refractivity contribution in [3.05, 3.63) is 42.2 Å². The zero-order chi connectivity index (χ0) is 17.2. The lowest BCUT2D eigenvalue weighted by Gasteiger charge is -2.36. The number of piperazine rings is 1. The van der Waals surface area contributed by atoms with E-state index in [0.29, 0.717) is 11.5 Å². The summed E-state index contributed by atoms with van der Waals surface area (Å²) >= 11 is 0. The summed E-state index contributed by atoms with van der Waals surface area (Å²) in [5.74, 6) is 1.25. The van der Waals surface area contributed by atoms with Crippen molar-refractivity contribution in [2.24, 2.45) is 5.92 Å². The third-order valence-corrected chi connectivity index (χ3v) is 4.65. The van der Waals surface area contributed by atoms with E-state index in [1.807, 2.05) is 23.1 Å². The maximum absolute atomic E-state index is 13.9.